The summed E-state index contributed by atoms with van der Waals surface area (Å²) >= 11 is 0. The molecule has 0 saturated heterocycles. The highest BCUT2D eigenvalue weighted by Crippen LogP contribution is 2.23. The SMILES string of the molecule is CCNCc1cc(F)c(OCCOCCC(C)C)c(F)c1. The zero-order chi connectivity index (χ0) is 15.7. The van der Waals surface area contributed by atoms with E-state index < -0.39 is 11.6 Å². The molecule has 0 aliphatic carbocycles. The van der Waals surface area contributed by atoms with Crippen LogP contribution in [0.3, 0.4) is 0 Å². The quantitative estimate of drug-likeness (QED) is 0.671. The normalized spacial score (nSPS) is 11.1. The Balaban J connectivity index is 2.41. The van der Waals surface area contributed by atoms with Crippen molar-refractivity contribution in [2.45, 2.75) is 33.7 Å². The fraction of sp³-hybridized carbons (Fsp3) is 0.625. The summed E-state index contributed by atoms with van der Waals surface area (Å²) in [4.78, 5) is 0. The van der Waals surface area contributed by atoms with Gasteiger partial charge in [0.1, 0.15) is 6.61 Å². The van der Waals surface area contributed by atoms with Crippen molar-refractivity contribution in [3.63, 3.8) is 0 Å². The van der Waals surface area contributed by atoms with Crippen molar-refractivity contribution < 1.29 is 18.3 Å². The number of nitrogens with one attached hydrogen (secondary N) is 1. The van der Waals surface area contributed by atoms with E-state index in [1.807, 2.05) is 6.92 Å². The third-order valence-corrected chi connectivity index (χ3v) is 2.95. The van der Waals surface area contributed by atoms with Gasteiger partial charge >= 0.3 is 0 Å². The van der Waals surface area contributed by atoms with Crippen molar-refractivity contribution in [1.82, 2.24) is 5.32 Å². The molecule has 0 saturated carbocycles. The lowest BCUT2D eigenvalue weighted by molar-refractivity contribution is 0.0899. The van der Waals surface area contributed by atoms with Crippen LogP contribution in [0, 0.1) is 17.6 Å². The first-order valence-electron chi connectivity index (χ1n) is 7.43. The molecule has 0 amide bonds. The maximum atomic E-state index is 13.8. The minimum atomic E-state index is -0.676. The van der Waals surface area contributed by atoms with E-state index in [2.05, 4.69) is 19.2 Å². The van der Waals surface area contributed by atoms with Crippen LogP contribution >= 0.6 is 0 Å². The van der Waals surface area contributed by atoms with E-state index in [0.717, 1.165) is 13.0 Å². The Hall–Kier alpha value is -1.20. The van der Waals surface area contributed by atoms with Gasteiger partial charge in [-0.15, -0.1) is 0 Å². The topological polar surface area (TPSA) is 30.5 Å². The molecule has 0 unspecified atom stereocenters. The van der Waals surface area contributed by atoms with E-state index in [1.165, 1.54) is 12.1 Å². The van der Waals surface area contributed by atoms with E-state index in [9.17, 15) is 8.78 Å². The van der Waals surface area contributed by atoms with Crippen LogP contribution in [0.5, 0.6) is 5.75 Å². The Morgan fingerprint density at radius 3 is 2.33 bits per heavy atom. The lowest BCUT2D eigenvalue weighted by Gasteiger charge is -2.11. The summed E-state index contributed by atoms with van der Waals surface area (Å²) in [6, 6.07) is 2.58. The molecule has 120 valence electrons. The van der Waals surface area contributed by atoms with E-state index in [0.29, 0.717) is 31.2 Å². The molecule has 5 heteroatoms. The van der Waals surface area contributed by atoms with Crippen molar-refractivity contribution in [1.29, 1.82) is 0 Å². The van der Waals surface area contributed by atoms with Crippen LogP contribution in [0.25, 0.3) is 0 Å². The predicted octanol–water partition coefficient (Wildman–Crippen LogP) is 3.52. The molecule has 1 aromatic rings. The van der Waals surface area contributed by atoms with Crippen molar-refractivity contribution in [2.75, 3.05) is 26.4 Å². The first kappa shape index (κ1) is 17.9. The van der Waals surface area contributed by atoms with Gasteiger partial charge in [0.2, 0.25) is 0 Å². The van der Waals surface area contributed by atoms with Crippen molar-refractivity contribution in [3.05, 3.63) is 29.3 Å². The number of benzene rings is 1. The maximum absolute atomic E-state index is 13.8. The smallest absolute Gasteiger partial charge is 0.190 e. The molecule has 0 aliphatic heterocycles. The average Bonchev–Trinajstić information content (AvgIpc) is 2.42. The Bertz CT molecular complexity index is 402. The van der Waals surface area contributed by atoms with E-state index >= 15 is 0 Å². The second-order valence-corrected chi connectivity index (χ2v) is 5.31. The monoisotopic (exact) mass is 301 g/mol. The number of ether oxygens (including phenoxy) is 2. The van der Waals surface area contributed by atoms with Crippen LogP contribution in [0.2, 0.25) is 0 Å². The molecule has 0 aliphatic rings. The molecule has 1 aromatic carbocycles. The van der Waals surface area contributed by atoms with Gasteiger partial charge in [0.25, 0.3) is 0 Å². The van der Waals surface area contributed by atoms with Crippen LogP contribution < -0.4 is 10.1 Å². The van der Waals surface area contributed by atoms with Gasteiger partial charge in [-0.1, -0.05) is 20.8 Å². The van der Waals surface area contributed by atoms with Gasteiger partial charge in [0.05, 0.1) is 6.61 Å². The van der Waals surface area contributed by atoms with Crippen molar-refractivity contribution >= 4 is 0 Å². The Labute approximate surface area is 125 Å². The first-order valence-corrected chi connectivity index (χ1v) is 7.43. The second-order valence-electron chi connectivity index (χ2n) is 5.31. The molecular formula is C16H25F2NO2. The third-order valence-electron chi connectivity index (χ3n) is 2.95. The lowest BCUT2D eigenvalue weighted by Crippen LogP contribution is -2.13. The molecule has 0 bridgehead atoms. The summed E-state index contributed by atoms with van der Waals surface area (Å²) in [6.07, 6.45) is 0.960. The van der Waals surface area contributed by atoms with E-state index in [-0.39, 0.29) is 12.4 Å². The van der Waals surface area contributed by atoms with Crippen LogP contribution in [0.4, 0.5) is 8.78 Å². The van der Waals surface area contributed by atoms with Crippen LogP contribution in [-0.4, -0.2) is 26.4 Å². The second kappa shape index (κ2) is 9.68. The van der Waals surface area contributed by atoms with Crippen LogP contribution in [0.15, 0.2) is 12.1 Å². The predicted molar refractivity (Wildman–Crippen MR) is 79.5 cm³/mol. The number of hydrogen-bond acceptors (Lipinski definition) is 3. The van der Waals surface area contributed by atoms with Crippen LogP contribution in [0.1, 0.15) is 32.8 Å². The Kier molecular flexibility index (Phi) is 8.23. The van der Waals surface area contributed by atoms with Gasteiger partial charge in [-0.2, -0.15) is 0 Å². The Morgan fingerprint density at radius 2 is 1.76 bits per heavy atom. The maximum Gasteiger partial charge on any atom is 0.190 e. The van der Waals surface area contributed by atoms with Crippen molar-refractivity contribution in [2.24, 2.45) is 5.92 Å². The average molecular weight is 301 g/mol. The first-order chi connectivity index (χ1) is 10.0. The van der Waals surface area contributed by atoms with Gasteiger partial charge < -0.3 is 14.8 Å². The molecule has 21 heavy (non-hydrogen) atoms. The summed E-state index contributed by atoms with van der Waals surface area (Å²) in [6.45, 7) is 8.43. The molecule has 0 heterocycles. The Morgan fingerprint density at radius 1 is 1.10 bits per heavy atom. The molecular weight excluding hydrogens is 276 g/mol. The minimum Gasteiger partial charge on any atom is -0.485 e. The van der Waals surface area contributed by atoms with Gasteiger partial charge in [-0.05, 0) is 36.6 Å². The standard InChI is InChI=1S/C16H25F2NO2/c1-4-19-11-13-9-14(17)16(15(18)10-13)21-8-7-20-6-5-12(2)3/h9-10,12,19H,4-8,11H2,1-3H3. The van der Waals surface area contributed by atoms with E-state index in [1.54, 1.807) is 0 Å². The summed E-state index contributed by atoms with van der Waals surface area (Å²) in [5.74, 6) is -1.11. The zero-order valence-corrected chi connectivity index (χ0v) is 13.0. The lowest BCUT2D eigenvalue weighted by atomic mass is 10.1. The van der Waals surface area contributed by atoms with Gasteiger partial charge in [-0.3, -0.25) is 0 Å². The van der Waals surface area contributed by atoms with Crippen molar-refractivity contribution in [3.8, 4) is 5.75 Å². The zero-order valence-electron chi connectivity index (χ0n) is 13.0. The fourth-order valence-corrected chi connectivity index (χ4v) is 1.75. The highest BCUT2D eigenvalue weighted by atomic mass is 19.1. The van der Waals surface area contributed by atoms with Crippen LogP contribution in [-0.2, 0) is 11.3 Å². The number of rotatable bonds is 10. The molecule has 0 radical (unpaired) electrons. The molecule has 0 aromatic heterocycles. The largest absolute Gasteiger partial charge is 0.485 e. The highest BCUT2D eigenvalue weighted by molar-refractivity contribution is 5.31. The van der Waals surface area contributed by atoms with Gasteiger partial charge in [0, 0.05) is 13.2 Å². The summed E-state index contributed by atoms with van der Waals surface area (Å²) in [5.41, 5.74) is 0.562. The number of hydrogen-bond donors (Lipinski definition) is 1. The molecule has 0 fully saturated rings. The molecule has 0 atom stereocenters. The summed E-state index contributed by atoms with van der Waals surface area (Å²) < 4.78 is 38.1. The molecule has 0 spiro atoms. The molecule has 1 N–H and O–H groups in total. The fourth-order valence-electron chi connectivity index (χ4n) is 1.75. The minimum absolute atomic E-state index is 0.137. The summed E-state index contributed by atoms with van der Waals surface area (Å²) in [7, 11) is 0. The molecule has 3 nitrogen and oxygen atoms in total. The third kappa shape index (κ3) is 6.87. The number of halogens is 2. The van der Waals surface area contributed by atoms with Gasteiger partial charge in [0.15, 0.2) is 17.4 Å². The molecule has 1 rings (SSSR count). The summed E-state index contributed by atoms with van der Waals surface area (Å²) in [5, 5.41) is 3.02. The van der Waals surface area contributed by atoms with Gasteiger partial charge in [-0.25, -0.2) is 8.78 Å². The van der Waals surface area contributed by atoms with E-state index in [4.69, 9.17) is 9.47 Å². The highest BCUT2D eigenvalue weighted by Gasteiger charge is 2.12.